The maximum atomic E-state index is 3.78. The summed E-state index contributed by atoms with van der Waals surface area (Å²) in [5, 5.41) is 3.22. The van der Waals surface area contributed by atoms with Crippen LogP contribution in [0.15, 0.2) is 12.3 Å². The van der Waals surface area contributed by atoms with Gasteiger partial charge in [0.2, 0.25) is 0 Å². The van der Waals surface area contributed by atoms with Crippen molar-refractivity contribution < 1.29 is 0 Å². The highest BCUT2D eigenvalue weighted by Crippen LogP contribution is 1.84. The summed E-state index contributed by atoms with van der Waals surface area (Å²) in [5.74, 6) is 0. The van der Waals surface area contributed by atoms with Crippen molar-refractivity contribution >= 4 is 8.96 Å². The molecule has 10 heavy (non-hydrogen) atoms. The van der Waals surface area contributed by atoms with Gasteiger partial charge in [-0.05, 0) is 12.6 Å². The zero-order valence-corrected chi connectivity index (χ0v) is 8.14. The van der Waals surface area contributed by atoms with Crippen molar-refractivity contribution in [2.24, 2.45) is 0 Å². The number of rotatable bonds is 6. The molecule has 0 aromatic heterocycles. The zero-order chi connectivity index (χ0) is 7.82. The van der Waals surface area contributed by atoms with Crippen LogP contribution in [0.25, 0.3) is 0 Å². The number of hydrogen-bond acceptors (Lipinski definition) is 2. The lowest BCUT2D eigenvalue weighted by molar-refractivity contribution is 0.699. The number of hydrogen-bond donors (Lipinski definition) is 2. The SMILES string of the molecule is C=C[SiH](CC)NCNCC. The van der Waals surface area contributed by atoms with Gasteiger partial charge in [-0.15, -0.1) is 6.58 Å². The van der Waals surface area contributed by atoms with Gasteiger partial charge in [-0.3, -0.25) is 0 Å². The maximum Gasteiger partial charge on any atom is 0.133 e. The summed E-state index contributed by atoms with van der Waals surface area (Å²) in [4.78, 5) is 3.43. The monoisotopic (exact) mass is 158 g/mol. The van der Waals surface area contributed by atoms with E-state index in [0.717, 1.165) is 13.2 Å². The molecule has 0 heterocycles. The fourth-order valence-corrected chi connectivity index (χ4v) is 1.92. The summed E-state index contributed by atoms with van der Waals surface area (Å²) in [6.45, 7) is 10.1. The van der Waals surface area contributed by atoms with E-state index in [4.69, 9.17) is 0 Å². The molecule has 0 rings (SSSR count). The second-order valence-corrected chi connectivity index (χ2v) is 5.14. The summed E-state index contributed by atoms with van der Waals surface area (Å²) in [6, 6.07) is 1.24. The minimum atomic E-state index is -0.772. The summed E-state index contributed by atoms with van der Waals surface area (Å²) in [6.07, 6.45) is 0. The van der Waals surface area contributed by atoms with E-state index in [-0.39, 0.29) is 0 Å². The van der Waals surface area contributed by atoms with Crippen LogP contribution < -0.4 is 10.3 Å². The van der Waals surface area contributed by atoms with Gasteiger partial charge < -0.3 is 10.3 Å². The molecular formula is C7H18N2Si. The van der Waals surface area contributed by atoms with Crippen molar-refractivity contribution in [1.29, 1.82) is 0 Å². The molecule has 0 aromatic carbocycles. The average Bonchev–Trinajstić information content (AvgIpc) is 1.99. The van der Waals surface area contributed by atoms with Crippen LogP contribution in [-0.4, -0.2) is 22.2 Å². The Hall–Kier alpha value is -0.123. The topological polar surface area (TPSA) is 24.1 Å². The quantitative estimate of drug-likeness (QED) is 0.336. The molecular weight excluding hydrogens is 140 g/mol. The lowest BCUT2D eigenvalue weighted by Gasteiger charge is -2.09. The van der Waals surface area contributed by atoms with Crippen molar-refractivity contribution in [1.82, 2.24) is 10.3 Å². The van der Waals surface area contributed by atoms with Crippen LogP contribution in [0, 0.1) is 0 Å². The van der Waals surface area contributed by atoms with Crippen molar-refractivity contribution in [3.05, 3.63) is 12.3 Å². The van der Waals surface area contributed by atoms with E-state index in [9.17, 15) is 0 Å². The highest BCUT2D eigenvalue weighted by atomic mass is 28.3. The van der Waals surface area contributed by atoms with Gasteiger partial charge in [0.05, 0.1) is 0 Å². The Morgan fingerprint density at radius 1 is 1.50 bits per heavy atom. The van der Waals surface area contributed by atoms with Gasteiger partial charge in [0.15, 0.2) is 0 Å². The fourth-order valence-electron chi connectivity index (χ4n) is 0.723. The molecule has 0 bridgehead atoms. The van der Waals surface area contributed by atoms with Gasteiger partial charge in [0.25, 0.3) is 0 Å². The van der Waals surface area contributed by atoms with Gasteiger partial charge in [-0.1, -0.05) is 19.5 Å². The average molecular weight is 158 g/mol. The second kappa shape index (κ2) is 6.99. The van der Waals surface area contributed by atoms with Crippen molar-refractivity contribution in [2.75, 3.05) is 13.2 Å². The first kappa shape index (κ1) is 9.88. The van der Waals surface area contributed by atoms with Crippen molar-refractivity contribution in [2.45, 2.75) is 19.9 Å². The first-order valence-electron chi connectivity index (χ1n) is 3.91. The van der Waals surface area contributed by atoms with E-state index in [2.05, 4.69) is 36.4 Å². The normalized spacial score (nSPS) is 13.0. The maximum absolute atomic E-state index is 3.78. The highest BCUT2D eigenvalue weighted by Gasteiger charge is 1.98. The van der Waals surface area contributed by atoms with Crippen LogP contribution in [0.2, 0.25) is 6.04 Å². The first-order chi connectivity index (χ1) is 4.85. The number of nitrogens with one attached hydrogen (secondary N) is 2. The Labute approximate surface area is 65.4 Å². The smallest absolute Gasteiger partial charge is 0.133 e. The lowest BCUT2D eigenvalue weighted by atomic mass is 10.8. The lowest BCUT2D eigenvalue weighted by Crippen LogP contribution is -2.38. The molecule has 1 atom stereocenters. The van der Waals surface area contributed by atoms with Crippen LogP contribution in [-0.2, 0) is 0 Å². The minimum Gasteiger partial charge on any atom is -0.324 e. The Balaban J connectivity index is 3.17. The molecule has 0 aliphatic carbocycles. The van der Waals surface area contributed by atoms with E-state index in [1.807, 2.05) is 0 Å². The van der Waals surface area contributed by atoms with E-state index in [1.54, 1.807) is 0 Å². The summed E-state index contributed by atoms with van der Waals surface area (Å²) < 4.78 is 0. The molecule has 1 unspecified atom stereocenters. The van der Waals surface area contributed by atoms with Crippen LogP contribution in [0.5, 0.6) is 0 Å². The Morgan fingerprint density at radius 3 is 2.60 bits per heavy atom. The molecule has 0 saturated carbocycles. The third-order valence-corrected chi connectivity index (χ3v) is 3.64. The molecule has 0 spiro atoms. The third kappa shape index (κ3) is 4.73. The predicted octanol–water partition coefficient (Wildman–Crippen LogP) is 0.612. The summed E-state index contributed by atoms with van der Waals surface area (Å²) in [5.41, 5.74) is 2.08. The summed E-state index contributed by atoms with van der Waals surface area (Å²) in [7, 11) is -0.772. The van der Waals surface area contributed by atoms with Crippen LogP contribution in [0.3, 0.4) is 0 Å². The predicted molar refractivity (Wildman–Crippen MR) is 49.5 cm³/mol. The van der Waals surface area contributed by atoms with Crippen LogP contribution in [0.1, 0.15) is 13.8 Å². The third-order valence-electron chi connectivity index (χ3n) is 1.46. The highest BCUT2D eigenvalue weighted by molar-refractivity contribution is 6.61. The van der Waals surface area contributed by atoms with Crippen LogP contribution >= 0.6 is 0 Å². The Kier molecular flexibility index (Phi) is 6.90. The molecule has 0 aliphatic heterocycles. The van der Waals surface area contributed by atoms with E-state index < -0.39 is 8.96 Å². The molecule has 0 aliphatic rings. The molecule has 60 valence electrons. The Morgan fingerprint density at radius 2 is 2.20 bits per heavy atom. The van der Waals surface area contributed by atoms with Crippen molar-refractivity contribution in [3.63, 3.8) is 0 Å². The second-order valence-electron chi connectivity index (χ2n) is 2.23. The zero-order valence-electron chi connectivity index (χ0n) is 6.98. The molecule has 0 fully saturated rings. The summed E-state index contributed by atoms with van der Waals surface area (Å²) >= 11 is 0. The van der Waals surface area contributed by atoms with Crippen molar-refractivity contribution in [3.8, 4) is 0 Å². The molecule has 0 radical (unpaired) electrons. The molecule has 0 amide bonds. The van der Waals surface area contributed by atoms with E-state index >= 15 is 0 Å². The minimum absolute atomic E-state index is 0.772. The van der Waals surface area contributed by atoms with Gasteiger partial charge >= 0.3 is 0 Å². The van der Waals surface area contributed by atoms with Gasteiger partial charge in [-0.25, -0.2) is 0 Å². The largest absolute Gasteiger partial charge is 0.324 e. The Bertz CT molecular complexity index is 85.7. The standard InChI is InChI=1S/C7H18N2Si/c1-4-8-7-9-10(5-2)6-3/h5,8-10H,2,4,6-7H2,1,3H3. The molecule has 0 aromatic rings. The van der Waals surface area contributed by atoms with Gasteiger partial charge in [0, 0.05) is 6.67 Å². The van der Waals surface area contributed by atoms with Gasteiger partial charge in [-0.2, -0.15) is 0 Å². The molecule has 2 nitrogen and oxygen atoms in total. The fraction of sp³-hybridized carbons (Fsp3) is 0.714. The molecule has 3 heteroatoms. The van der Waals surface area contributed by atoms with Crippen LogP contribution in [0.4, 0.5) is 0 Å². The van der Waals surface area contributed by atoms with E-state index in [1.165, 1.54) is 6.04 Å². The van der Waals surface area contributed by atoms with E-state index in [0.29, 0.717) is 0 Å². The molecule has 0 saturated heterocycles. The molecule has 2 N–H and O–H groups in total. The first-order valence-corrected chi connectivity index (χ1v) is 5.97. The van der Waals surface area contributed by atoms with Gasteiger partial charge in [0.1, 0.15) is 8.96 Å².